The SMILES string of the molecule is C1CCCCC1.C=P.O. The van der Waals surface area contributed by atoms with E-state index in [0.717, 1.165) is 0 Å². The summed E-state index contributed by atoms with van der Waals surface area (Å²) in [6.45, 7) is 0. The van der Waals surface area contributed by atoms with Gasteiger partial charge in [0.25, 0.3) is 0 Å². The first kappa shape index (κ1) is 11.9. The van der Waals surface area contributed by atoms with Crippen LogP contribution in [0.15, 0.2) is 0 Å². The summed E-state index contributed by atoms with van der Waals surface area (Å²) in [6, 6.07) is 0. The minimum Gasteiger partial charge on any atom is -0.412 e. The van der Waals surface area contributed by atoms with Crippen LogP contribution in [-0.4, -0.2) is 11.8 Å². The average molecular weight is 148 g/mol. The summed E-state index contributed by atoms with van der Waals surface area (Å²) in [6.07, 6.45) is 12.1. The van der Waals surface area contributed by atoms with Crippen LogP contribution in [0.3, 0.4) is 0 Å². The summed E-state index contributed by atoms with van der Waals surface area (Å²) in [7, 11) is 2.72. The van der Waals surface area contributed by atoms with E-state index in [9.17, 15) is 0 Å². The van der Waals surface area contributed by atoms with Crippen LogP contribution in [0.1, 0.15) is 38.5 Å². The molecule has 0 bridgehead atoms. The lowest BCUT2D eigenvalue weighted by molar-refractivity contribution is 0.504. The first-order valence-electron chi connectivity index (χ1n) is 3.35. The molecule has 56 valence electrons. The summed E-state index contributed by atoms with van der Waals surface area (Å²) in [5, 5.41) is 0. The fraction of sp³-hybridized carbons (Fsp3) is 0.857. The van der Waals surface area contributed by atoms with Crippen molar-refractivity contribution in [3.63, 3.8) is 0 Å². The van der Waals surface area contributed by atoms with E-state index in [4.69, 9.17) is 0 Å². The van der Waals surface area contributed by atoms with Crippen molar-refractivity contribution in [3.8, 4) is 0 Å². The van der Waals surface area contributed by atoms with Gasteiger partial charge in [0.2, 0.25) is 0 Å². The molecule has 1 rings (SSSR count). The molecule has 0 aromatic heterocycles. The van der Waals surface area contributed by atoms with Crippen molar-refractivity contribution in [1.82, 2.24) is 0 Å². The van der Waals surface area contributed by atoms with Gasteiger partial charge in [0.05, 0.1) is 0 Å². The number of hydrogen-bond donors (Lipinski definition) is 0. The van der Waals surface area contributed by atoms with E-state index in [2.05, 4.69) is 15.2 Å². The lowest BCUT2D eigenvalue weighted by Crippen LogP contribution is -1.85. The van der Waals surface area contributed by atoms with Gasteiger partial charge in [-0.25, -0.2) is 0 Å². The zero-order chi connectivity index (χ0) is 6.24. The van der Waals surface area contributed by atoms with Crippen LogP contribution in [0.4, 0.5) is 0 Å². The van der Waals surface area contributed by atoms with Crippen molar-refractivity contribution < 1.29 is 5.48 Å². The molecule has 1 nitrogen and oxygen atoms in total. The van der Waals surface area contributed by atoms with Crippen molar-refractivity contribution in [2.24, 2.45) is 0 Å². The molecule has 1 aliphatic carbocycles. The Kier molecular flexibility index (Phi) is 14.5. The molecule has 9 heavy (non-hydrogen) atoms. The van der Waals surface area contributed by atoms with Gasteiger partial charge < -0.3 is 5.48 Å². The lowest BCUT2D eigenvalue weighted by Gasteiger charge is -2.05. The van der Waals surface area contributed by atoms with Gasteiger partial charge in [-0.15, -0.1) is 8.86 Å². The van der Waals surface area contributed by atoms with E-state index in [0.29, 0.717) is 0 Å². The molecule has 0 atom stereocenters. The Bertz CT molecular complexity index is 32.7. The maximum absolute atomic E-state index is 3.06. The van der Waals surface area contributed by atoms with Crippen LogP contribution in [0.5, 0.6) is 0 Å². The van der Waals surface area contributed by atoms with Gasteiger partial charge in [0, 0.05) is 0 Å². The quantitative estimate of drug-likeness (QED) is 0.471. The summed E-state index contributed by atoms with van der Waals surface area (Å²) in [5.74, 6) is 0. The standard InChI is InChI=1S/C6H12.CH3P.H2O/c1-2-4-6-5-3-1;1-2;/h1-6H2;2H,1H2;1H2. The monoisotopic (exact) mass is 148 g/mol. The molecule has 0 radical (unpaired) electrons. The van der Waals surface area contributed by atoms with E-state index in [1.165, 1.54) is 38.5 Å². The molecular weight excluding hydrogens is 131 g/mol. The van der Waals surface area contributed by atoms with Crippen molar-refractivity contribution in [3.05, 3.63) is 0 Å². The molecule has 0 aliphatic heterocycles. The molecule has 1 fully saturated rings. The molecule has 0 heterocycles. The predicted molar refractivity (Wildman–Crippen MR) is 46.8 cm³/mol. The van der Waals surface area contributed by atoms with E-state index in [1.54, 1.807) is 0 Å². The molecule has 2 N–H and O–H groups in total. The second kappa shape index (κ2) is 11.0. The van der Waals surface area contributed by atoms with Crippen molar-refractivity contribution in [1.29, 1.82) is 0 Å². The van der Waals surface area contributed by atoms with Crippen LogP contribution in [0.25, 0.3) is 0 Å². The Hall–Kier alpha value is 0.130. The van der Waals surface area contributed by atoms with E-state index in [1.807, 2.05) is 0 Å². The molecular formula is C7H17OP. The Morgan fingerprint density at radius 1 is 0.667 bits per heavy atom. The molecule has 1 aliphatic rings. The third-order valence-electron chi connectivity index (χ3n) is 1.50. The first-order chi connectivity index (χ1) is 4.00. The molecule has 0 aromatic carbocycles. The summed E-state index contributed by atoms with van der Waals surface area (Å²) in [5.41, 5.74) is 0. The van der Waals surface area contributed by atoms with Crippen LogP contribution in [0.2, 0.25) is 0 Å². The zero-order valence-electron chi connectivity index (χ0n) is 5.95. The summed E-state index contributed by atoms with van der Waals surface area (Å²) >= 11 is 0. The van der Waals surface area contributed by atoms with Crippen molar-refractivity contribution >= 4 is 15.2 Å². The Balaban J connectivity index is 0. The molecule has 1 saturated carbocycles. The Morgan fingerprint density at radius 3 is 0.889 bits per heavy atom. The average Bonchev–Trinajstić information content (AvgIpc) is 1.96. The maximum Gasteiger partial charge on any atom is -0.0533 e. The third-order valence-corrected chi connectivity index (χ3v) is 1.50. The second-order valence-corrected chi connectivity index (χ2v) is 2.12. The highest BCUT2D eigenvalue weighted by molar-refractivity contribution is 7.15. The van der Waals surface area contributed by atoms with E-state index < -0.39 is 0 Å². The van der Waals surface area contributed by atoms with E-state index >= 15 is 0 Å². The fourth-order valence-electron chi connectivity index (χ4n) is 1.06. The zero-order valence-corrected chi connectivity index (χ0v) is 6.95. The molecule has 0 saturated heterocycles. The van der Waals surface area contributed by atoms with Gasteiger partial charge in [0.1, 0.15) is 0 Å². The normalized spacial score (nSPS) is 16.4. The molecule has 0 unspecified atom stereocenters. The molecule has 2 heteroatoms. The Morgan fingerprint density at radius 2 is 0.778 bits per heavy atom. The van der Waals surface area contributed by atoms with Crippen LogP contribution < -0.4 is 0 Å². The second-order valence-electron chi connectivity index (χ2n) is 2.12. The van der Waals surface area contributed by atoms with Gasteiger partial charge in [-0.2, -0.15) is 0 Å². The highest BCUT2D eigenvalue weighted by Crippen LogP contribution is 2.15. The predicted octanol–water partition coefficient (Wildman–Crippen LogP) is 2.08. The topological polar surface area (TPSA) is 31.5 Å². The van der Waals surface area contributed by atoms with Crippen LogP contribution in [0, 0.1) is 0 Å². The van der Waals surface area contributed by atoms with E-state index in [-0.39, 0.29) is 5.48 Å². The highest BCUT2D eigenvalue weighted by atomic mass is 31.0. The summed E-state index contributed by atoms with van der Waals surface area (Å²) < 4.78 is 0. The minimum absolute atomic E-state index is 0. The largest absolute Gasteiger partial charge is 0.412 e. The Labute approximate surface area is 60.0 Å². The fourth-order valence-corrected chi connectivity index (χ4v) is 1.06. The molecule has 0 spiro atoms. The van der Waals surface area contributed by atoms with Crippen LogP contribution >= 0.6 is 8.86 Å². The van der Waals surface area contributed by atoms with Crippen molar-refractivity contribution in [2.45, 2.75) is 38.5 Å². The smallest absolute Gasteiger partial charge is 0.0533 e. The molecule has 0 amide bonds. The first-order valence-corrected chi connectivity index (χ1v) is 4.06. The van der Waals surface area contributed by atoms with Gasteiger partial charge >= 0.3 is 0 Å². The third kappa shape index (κ3) is 8.13. The maximum atomic E-state index is 3.06. The van der Waals surface area contributed by atoms with Gasteiger partial charge in [0.15, 0.2) is 0 Å². The minimum atomic E-state index is 0. The lowest BCUT2D eigenvalue weighted by atomic mass is 10.0. The van der Waals surface area contributed by atoms with Crippen molar-refractivity contribution in [2.75, 3.05) is 0 Å². The van der Waals surface area contributed by atoms with Gasteiger partial charge in [-0.3, -0.25) is 0 Å². The number of rotatable bonds is 0. The van der Waals surface area contributed by atoms with Gasteiger partial charge in [-0.05, 0) is 0 Å². The van der Waals surface area contributed by atoms with Gasteiger partial charge in [-0.1, -0.05) is 44.8 Å². The molecule has 0 aromatic rings. The summed E-state index contributed by atoms with van der Waals surface area (Å²) in [4.78, 5) is 0. The highest BCUT2D eigenvalue weighted by Gasteiger charge is 1.95. The number of hydrogen-bond acceptors (Lipinski definition) is 0. The van der Waals surface area contributed by atoms with Crippen LogP contribution in [-0.2, 0) is 0 Å².